The average molecular weight is 575 g/mol. The van der Waals surface area contributed by atoms with Crippen LogP contribution in [0.25, 0.3) is 0 Å². The second-order valence-corrected chi connectivity index (χ2v) is 7.59. The van der Waals surface area contributed by atoms with E-state index >= 15 is 0 Å². The summed E-state index contributed by atoms with van der Waals surface area (Å²) < 4.78 is 16.5. The molecule has 0 saturated carbocycles. The zero-order chi connectivity index (χ0) is 23.3. The van der Waals surface area contributed by atoms with Gasteiger partial charge < -0.3 is 24.8 Å². The molecule has 3 rings (SSSR count). The lowest BCUT2D eigenvalue weighted by Crippen LogP contribution is -2.37. The molecule has 0 heterocycles. The Morgan fingerprint density at radius 2 is 1.44 bits per heavy atom. The predicted molar refractivity (Wildman–Crippen MR) is 148 cm³/mol. The molecule has 0 bridgehead atoms. The van der Waals surface area contributed by atoms with Gasteiger partial charge in [-0.15, -0.1) is 24.0 Å². The van der Waals surface area contributed by atoms with Crippen LogP contribution in [0.5, 0.6) is 11.5 Å². The molecule has 0 radical (unpaired) electrons. The van der Waals surface area contributed by atoms with E-state index in [0.29, 0.717) is 19.8 Å². The molecule has 0 unspecified atom stereocenters. The van der Waals surface area contributed by atoms with Crippen molar-refractivity contribution in [3.05, 3.63) is 95.1 Å². The van der Waals surface area contributed by atoms with E-state index in [9.17, 15) is 0 Å². The van der Waals surface area contributed by atoms with Crippen LogP contribution in [0, 0.1) is 0 Å². The van der Waals surface area contributed by atoms with Crippen LogP contribution in [0.15, 0.2) is 77.8 Å². The van der Waals surface area contributed by atoms with E-state index in [1.807, 2.05) is 36.4 Å². The Hall–Kier alpha value is -2.78. The zero-order valence-electron chi connectivity index (χ0n) is 20.0. The van der Waals surface area contributed by atoms with E-state index in [1.54, 1.807) is 21.3 Å². The number of benzene rings is 3. The lowest BCUT2D eigenvalue weighted by Gasteiger charge is -2.13. The van der Waals surface area contributed by atoms with Gasteiger partial charge in [-0.25, -0.2) is 0 Å². The summed E-state index contributed by atoms with van der Waals surface area (Å²) in [5.41, 5.74) is 4.68. The van der Waals surface area contributed by atoms with E-state index in [-0.39, 0.29) is 24.0 Å². The minimum atomic E-state index is 0. The van der Waals surface area contributed by atoms with Gasteiger partial charge in [0.2, 0.25) is 0 Å². The molecule has 0 aliphatic heterocycles. The van der Waals surface area contributed by atoms with Gasteiger partial charge in [-0.2, -0.15) is 0 Å². The van der Waals surface area contributed by atoms with Crippen LogP contribution < -0.4 is 20.1 Å². The van der Waals surface area contributed by atoms with Crippen LogP contribution >= 0.6 is 24.0 Å². The Bertz CT molecular complexity index is 1030. The van der Waals surface area contributed by atoms with Gasteiger partial charge >= 0.3 is 0 Å². The van der Waals surface area contributed by atoms with Gasteiger partial charge in [-0.05, 0) is 40.8 Å². The molecule has 7 heteroatoms. The monoisotopic (exact) mass is 575 g/mol. The highest BCUT2D eigenvalue weighted by Gasteiger charge is 2.05. The number of methoxy groups -OCH3 is 2. The van der Waals surface area contributed by atoms with E-state index in [4.69, 9.17) is 14.2 Å². The third-order valence-corrected chi connectivity index (χ3v) is 5.21. The number of nitrogens with zero attached hydrogens (tertiary/aromatic N) is 1. The quantitative estimate of drug-likeness (QED) is 0.193. The van der Waals surface area contributed by atoms with Crippen molar-refractivity contribution in [2.24, 2.45) is 4.99 Å². The van der Waals surface area contributed by atoms with Crippen LogP contribution in [0.3, 0.4) is 0 Å². The Morgan fingerprint density at radius 1 is 0.735 bits per heavy atom. The van der Waals surface area contributed by atoms with E-state index < -0.39 is 0 Å². The molecule has 6 nitrogen and oxygen atoms in total. The highest BCUT2D eigenvalue weighted by atomic mass is 127. The lowest BCUT2D eigenvalue weighted by atomic mass is 10.1. The van der Waals surface area contributed by atoms with Crippen molar-refractivity contribution in [3.8, 4) is 11.5 Å². The van der Waals surface area contributed by atoms with E-state index in [0.717, 1.165) is 36.0 Å². The van der Waals surface area contributed by atoms with Crippen molar-refractivity contribution < 1.29 is 14.2 Å². The average Bonchev–Trinajstić information content (AvgIpc) is 2.87. The fourth-order valence-electron chi connectivity index (χ4n) is 3.46. The number of rotatable bonds is 11. The number of nitrogens with one attached hydrogen (secondary N) is 2. The molecule has 0 atom stereocenters. The first-order valence-electron chi connectivity index (χ1n) is 11.1. The minimum Gasteiger partial charge on any atom is -0.493 e. The molecule has 0 saturated heterocycles. The number of guanidine groups is 1. The van der Waals surface area contributed by atoms with Crippen molar-refractivity contribution >= 4 is 29.9 Å². The molecule has 3 aromatic carbocycles. The van der Waals surface area contributed by atoms with Gasteiger partial charge in [0, 0.05) is 20.1 Å². The van der Waals surface area contributed by atoms with Crippen molar-refractivity contribution in [1.82, 2.24) is 10.6 Å². The number of aliphatic imine (C=N–C) groups is 1. The normalized spacial score (nSPS) is 10.9. The maximum absolute atomic E-state index is 5.86. The fraction of sp³-hybridized carbons (Fsp3) is 0.296. The first-order valence-corrected chi connectivity index (χ1v) is 11.1. The largest absolute Gasteiger partial charge is 0.493 e. The van der Waals surface area contributed by atoms with Gasteiger partial charge in [-0.1, -0.05) is 60.7 Å². The maximum Gasteiger partial charge on any atom is 0.191 e. The summed E-state index contributed by atoms with van der Waals surface area (Å²) in [7, 11) is 5.07. The number of hydrogen-bond donors (Lipinski definition) is 2. The first-order chi connectivity index (χ1) is 16.2. The topological polar surface area (TPSA) is 64.1 Å². The molecule has 0 aliphatic rings. The molecule has 34 heavy (non-hydrogen) atoms. The number of hydrogen-bond acceptors (Lipinski definition) is 4. The van der Waals surface area contributed by atoms with Crippen molar-refractivity contribution in [2.75, 3.05) is 27.8 Å². The van der Waals surface area contributed by atoms with E-state index in [2.05, 4.69) is 52.0 Å². The highest BCUT2D eigenvalue weighted by molar-refractivity contribution is 14.0. The van der Waals surface area contributed by atoms with Gasteiger partial charge in [-0.3, -0.25) is 4.99 Å². The Labute approximate surface area is 219 Å². The summed E-state index contributed by atoms with van der Waals surface area (Å²) >= 11 is 0. The Kier molecular flexibility index (Phi) is 12.3. The standard InChI is InChI=1S/C27H33N3O3.HI/c1-28-27(29-15-14-21-12-13-25(31-2)26(17-21)32-3)30-18-23-10-7-11-24(16-23)20-33-19-22-8-5-4-6-9-22;/h4-13,16-17H,14-15,18-20H2,1-3H3,(H2,28,29,30);1H. The third-order valence-electron chi connectivity index (χ3n) is 5.21. The summed E-state index contributed by atoms with van der Waals surface area (Å²) in [5, 5.41) is 6.74. The maximum atomic E-state index is 5.86. The van der Waals surface area contributed by atoms with E-state index in [1.165, 1.54) is 16.7 Å². The zero-order valence-corrected chi connectivity index (χ0v) is 22.4. The van der Waals surface area contributed by atoms with Crippen molar-refractivity contribution in [2.45, 2.75) is 26.2 Å². The van der Waals surface area contributed by atoms with Crippen molar-refractivity contribution in [3.63, 3.8) is 0 Å². The molecule has 0 fully saturated rings. The summed E-state index contributed by atoms with van der Waals surface area (Å²) in [6, 6.07) is 24.6. The summed E-state index contributed by atoms with van der Waals surface area (Å²) in [6.45, 7) is 2.63. The fourth-order valence-corrected chi connectivity index (χ4v) is 3.46. The van der Waals surface area contributed by atoms with Gasteiger partial charge in [0.15, 0.2) is 17.5 Å². The SMILES string of the molecule is CN=C(NCCc1ccc(OC)c(OC)c1)NCc1cccc(COCc2ccccc2)c1.I. The van der Waals surface area contributed by atoms with Gasteiger partial charge in [0.25, 0.3) is 0 Å². The highest BCUT2D eigenvalue weighted by Crippen LogP contribution is 2.27. The summed E-state index contributed by atoms with van der Waals surface area (Å²) in [5.74, 6) is 2.24. The molecule has 182 valence electrons. The Balaban J connectivity index is 0.00000408. The molecule has 0 amide bonds. The molecule has 0 aliphatic carbocycles. The Morgan fingerprint density at radius 3 is 2.18 bits per heavy atom. The van der Waals surface area contributed by atoms with Crippen molar-refractivity contribution in [1.29, 1.82) is 0 Å². The molecule has 0 spiro atoms. The number of ether oxygens (including phenoxy) is 3. The van der Waals surface area contributed by atoms with Gasteiger partial charge in [0.1, 0.15) is 0 Å². The first kappa shape index (κ1) is 27.5. The summed E-state index contributed by atoms with van der Waals surface area (Å²) in [6.07, 6.45) is 0.843. The second kappa shape index (κ2) is 15.2. The number of halogens is 1. The molecule has 3 aromatic rings. The predicted octanol–water partition coefficient (Wildman–Crippen LogP) is 4.95. The molecular formula is C27H34IN3O3. The molecular weight excluding hydrogens is 541 g/mol. The molecule has 0 aromatic heterocycles. The molecule has 2 N–H and O–H groups in total. The lowest BCUT2D eigenvalue weighted by molar-refractivity contribution is 0.107. The summed E-state index contributed by atoms with van der Waals surface area (Å²) in [4.78, 5) is 4.33. The van der Waals surface area contributed by atoms with Crippen LogP contribution in [0.4, 0.5) is 0 Å². The van der Waals surface area contributed by atoms with Crippen LogP contribution in [0.1, 0.15) is 22.3 Å². The van der Waals surface area contributed by atoms with Crippen LogP contribution in [-0.4, -0.2) is 33.8 Å². The van der Waals surface area contributed by atoms with Gasteiger partial charge in [0.05, 0.1) is 27.4 Å². The minimum absolute atomic E-state index is 0. The third kappa shape index (κ3) is 8.87. The smallest absolute Gasteiger partial charge is 0.191 e. The van der Waals surface area contributed by atoms with Crippen LogP contribution in [0.2, 0.25) is 0 Å². The van der Waals surface area contributed by atoms with Crippen LogP contribution in [-0.2, 0) is 30.9 Å². The second-order valence-electron chi connectivity index (χ2n) is 7.59.